The summed E-state index contributed by atoms with van der Waals surface area (Å²) in [5.41, 5.74) is 0. The second kappa shape index (κ2) is 8.30. The molecular weight excluding hydrogens is 304 g/mol. The van der Waals surface area contributed by atoms with Gasteiger partial charge in [0.1, 0.15) is 0 Å². The third kappa shape index (κ3) is 3.55. The summed E-state index contributed by atoms with van der Waals surface area (Å²) < 4.78 is 1.46. The van der Waals surface area contributed by atoms with Crippen molar-refractivity contribution in [3.8, 4) is 0 Å². The molecule has 0 aromatic carbocycles. The van der Waals surface area contributed by atoms with E-state index in [4.69, 9.17) is 0 Å². The standard InChI is InChI=1S/C23H45N2/c1-6-11-14-25(10-5)16-22-19-12-13-20(23(22)17-25)21(18(19)7-2)15-24(8-3)9-4/h18-23H,6-17H2,1-5H3/q+1. The van der Waals surface area contributed by atoms with Crippen LogP contribution in [0.25, 0.3) is 0 Å². The second-order valence-corrected chi connectivity index (χ2v) is 9.55. The Morgan fingerprint density at radius 1 is 0.800 bits per heavy atom. The van der Waals surface area contributed by atoms with E-state index in [0.717, 1.165) is 35.5 Å². The molecule has 0 aromatic rings. The van der Waals surface area contributed by atoms with E-state index in [-0.39, 0.29) is 0 Å². The van der Waals surface area contributed by atoms with E-state index >= 15 is 0 Å². The van der Waals surface area contributed by atoms with Gasteiger partial charge in [0, 0.05) is 18.4 Å². The average Bonchev–Trinajstić information content (AvgIpc) is 3.06. The topological polar surface area (TPSA) is 3.24 Å². The van der Waals surface area contributed by atoms with Crippen LogP contribution in [0.3, 0.4) is 0 Å². The van der Waals surface area contributed by atoms with Crippen molar-refractivity contribution in [2.24, 2.45) is 35.5 Å². The van der Waals surface area contributed by atoms with Crippen molar-refractivity contribution < 1.29 is 4.48 Å². The molecule has 1 aliphatic heterocycles. The molecule has 0 radical (unpaired) electrons. The van der Waals surface area contributed by atoms with Gasteiger partial charge in [0.2, 0.25) is 0 Å². The molecule has 7 unspecified atom stereocenters. The molecular formula is C23H45N2+. The molecule has 2 nitrogen and oxygen atoms in total. The van der Waals surface area contributed by atoms with Crippen molar-refractivity contribution in [3.05, 3.63) is 0 Å². The number of hydrogen-bond donors (Lipinski definition) is 0. The predicted molar refractivity (Wildman–Crippen MR) is 109 cm³/mol. The van der Waals surface area contributed by atoms with Crippen LogP contribution in [-0.2, 0) is 0 Å². The number of likely N-dealkylation sites (tertiary alicyclic amines) is 1. The molecule has 4 aliphatic rings. The van der Waals surface area contributed by atoms with Crippen LogP contribution in [-0.4, -0.2) is 55.2 Å². The Morgan fingerprint density at radius 3 is 1.88 bits per heavy atom. The van der Waals surface area contributed by atoms with Gasteiger partial charge < -0.3 is 9.38 Å². The second-order valence-electron chi connectivity index (χ2n) is 9.55. The first kappa shape index (κ1) is 19.7. The Labute approximate surface area is 157 Å². The lowest BCUT2D eigenvalue weighted by atomic mass is 9.50. The molecule has 25 heavy (non-hydrogen) atoms. The molecule has 4 rings (SSSR count). The van der Waals surface area contributed by atoms with Gasteiger partial charge in [0.15, 0.2) is 0 Å². The molecule has 4 fully saturated rings. The van der Waals surface area contributed by atoms with Gasteiger partial charge in [0.05, 0.1) is 26.2 Å². The summed E-state index contributed by atoms with van der Waals surface area (Å²) >= 11 is 0. The molecule has 0 amide bonds. The molecule has 1 heterocycles. The lowest BCUT2D eigenvalue weighted by Gasteiger charge is -2.54. The summed E-state index contributed by atoms with van der Waals surface area (Å²) in [7, 11) is 0. The minimum absolute atomic E-state index is 0.993. The number of rotatable bonds is 9. The fourth-order valence-corrected chi connectivity index (χ4v) is 7.41. The maximum atomic E-state index is 2.72. The van der Waals surface area contributed by atoms with Gasteiger partial charge in [-0.3, -0.25) is 0 Å². The van der Waals surface area contributed by atoms with E-state index < -0.39 is 0 Å². The largest absolute Gasteiger partial charge is 0.323 e. The average molecular weight is 350 g/mol. The quantitative estimate of drug-likeness (QED) is 0.536. The normalized spacial score (nSPS) is 43.0. The Morgan fingerprint density at radius 2 is 1.40 bits per heavy atom. The molecule has 2 heteroatoms. The number of unbranched alkanes of at least 4 members (excludes halogenated alkanes) is 1. The zero-order valence-corrected chi connectivity index (χ0v) is 17.8. The van der Waals surface area contributed by atoms with Gasteiger partial charge in [-0.25, -0.2) is 0 Å². The summed E-state index contributed by atoms with van der Waals surface area (Å²) in [4.78, 5) is 2.72. The highest BCUT2D eigenvalue weighted by molar-refractivity contribution is 5.03. The summed E-state index contributed by atoms with van der Waals surface area (Å²) in [6.45, 7) is 21.8. The third-order valence-corrected chi connectivity index (χ3v) is 8.82. The molecule has 3 aliphatic carbocycles. The summed E-state index contributed by atoms with van der Waals surface area (Å²) in [5.74, 6) is 6.21. The lowest BCUT2D eigenvalue weighted by Crippen LogP contribution is -2.53. The van der Waals surface area contributed by atoms with Crippen molar-refractivity contribution in [1.29, 1.82) is 0 Å². The van der Waals surface area contributed by atoms with Crippen LogP contribution in [0, 0.1) is 35.5 Å². The van der Waals surface area contributed by atoms with Crippen molar-refractivity contribution in [2.45, 2.75) is 66.7 Å². The summed E-state index contributed by atoms with van der Waals surface area (Å²) in [5, 5.41) is 0. The van der Waals surface area contributed by atoms with Crippen LogP contribution in [0.15, 0.2) is 0 Å². The van der Waals surface area contributed by atoms with E-state index in [0.29, 0.717) is 0 Å². The molecule has 146 valence electrons. The van der Waals surface area contributed by atoms with Crippen molar-refractivity contribution in [1.82, 2.24) is 4.90 Å². The maximum Gasteiger partial charge on any atom is 0.0823 e. The SMILES string of the molecule is CCCC[N+]1(CC)CC2C3CCC(C(CN(CC)CC)C3CC)C2C1. The molecule has 0 aromatic heterocycles. The minimum atomic E-state index is 0.993. The fourth-order valence-electron chi connectivity index (χ4n) is 7.41. The zero-order valence-electron chi connectivity index (χ0n) is 17.8. The summed E-state index contributed by atoms with van der Waals surface area (Å²) in [6.07, 6.45) is 7.33. The molecule has 1 saturated heterocycles. The highest BCUT2D eigenvalue weighted by Gasteiger charge is 2.60. The fraction of sp³-hybridized carbons (Fsp3) is 1.00. The van der Waals surface area contributed by atoms with Crippen LogP contribution in [0.1, 0.15) is 66.7 Å². The maximum absolute atomic E-state index is 2.72. The van der Waals surface area contributed by atoms with E-state index in [2.05, 4.69) is 39.5 Å². The van der Waals surface area contributed by atoms with Crippen LogP contribution in [0.4, 0.5) is 0 Å². The number of hydrogen-bond acceptors (Lipinski definition) is 1. The van der Waals surface area contributed by atoms with E-state index in [1.165, 1.54) is 69.6 Å². The van der Waals surface area contributed by atoms with Gasteiger partial charge in [-0.15, -0.1) is 0 Å². The van der Waals surface area contributed by atoms with Crippen molar-refractivity contribution in [3.63, 3.8) is 0 Å². The Bertz CT molecular complexity index is 418. The first-order valence-corrected chi connectivity index (χ1v) is 11.7. The molecule has 0 spiro atoms. The monoisotopic (exact) mass is 349 g/mol. The number of nitrogens with zero attached hydrogens (tertiary/aromatic N) is 2. The lowest BCUT2D eigenvalue weighted by molar-refractivity contribution is -0.918. The Balaban J connectivity index is 1.80. The van der Waals surface area contributed by atoms with Gasteiger partial charge in [-0.05, 0) is 62.9 Å². The van der Waals surface area contributed by atoms with Crippen LogP contribution in [0.5, 0.6) is 0 Å². The number of fused-ring (bicyclic) bond motifs is 2. The summed E-state index contributed by atoms with van der Waals surface area (Å²) in [6, 6.07) is 0. The highest BCUT2D eigenvalue weighted by atomic mass is 15.4. The van der Waals surface area contributed by atoms with E-state index in [1.807, 2.05) is 0 Å². The van der Waals surface area contributed by atoms with Crippen LogP contribution in [0.2, 0.25) is 0 Å². The highest BCUT2D eigenvalue weighted by Crippen LogP contribution is 2.59. The zero-order chi connectivity index (χ0) is 18.0. The molecule has 3 saturated carbocycles. The van der Waals surface area contributed by atoms with E-state index in [1.54, 1.807) is 12.8 Å². The first-order valence-electron chi connectivity index (χ1n) is 11.7. The van der Waals surface area contributed by atoms with Gasteiger partial charge in [-0.1, -0.05) is 40.5 Å². The Kier molecular flexibility index (Phi) is 6.53. The van der Waals surface area contributed by atoms with Gasteiger partial charge >= 0.3 is 0 Å². The smallest absolute Gasteiger partial charge is 0.0823 e. The third-order valence-electron chi connectivity index (χ3n) is 8.82. The number of quaternary nitrogens is 1. The Hall–Kier alpha value is -0.0800. The van der Waals surface area contributed by atoms with Gasteiger partial charge in [-0.2, -0.15) is 0 Å². The molecule has 7 atom stereocenters. The van der Waals surface area contributed by atoms with E-state index in [9.17, 15) is 0 Å². The van der Waals surface area contributed by atoms with Crippen LogP contribution < -0.4 is 0 Å². The first-order chi connectivity index (χ1) is 12.1. The minimum Gasteiger partial charge on any atom is -0.323 e. The van der Waals surface area contributed by atoms with Crippen molar-refractivity contribution >= 4 is 0 Å². The predicted octanol–water partition coefficient (Wildman–Crippen LogP) is 4.89. The molecule has 2 bridgehead atoms. The van der Waals surface area contributed by atoms with Gasteiger partial charge in [0.25, 0.3) is 0 Å². The molecule has 0 N–H and O–H groups in total. The van der Waals surface area contributed by atoms with Crippen molar-refractivity contribution in [2.75, 3.05) is 45.8 Å². The van der Waals surface area contributed by atoms with Crippen LogP contribution >= 0.6 is 0 Å².